The zero-order chi connectivity index (χ0) is 11.5. The predicted octanol–water partition coefficient (Wildman–Crippen LogP) is 1.62. The lowest BCUT2D eigenvalue weighted by Gasteiger charge is -2.04. The first-order chi connectivity index (χ1) is 7.65. The van der Waals surface area contributed by atoms with E-state index in [0.717, 1.165) is 0 Å². The predicted molar refractivity (Wildman–Crippen MR) is 60.0 cm³/mol. The van der Waals surface area contributed by atoms with Gasteiger partial charge in [0.25, 0.3) is 0 Å². The average molecular weight is 240 g/mol. The molecule has 3 N–H and O–H groups in total. The second-order valence-corrected chi connectivity index (χ2v) is 3.59. The van der Waals surface area contributed by atoms with Gasteiger partial charge in [-0.1, -0.05) is 16.8 Å². The number of rotatable bonds is 3. The minimum atomic E-state index is 0.397. The third-order valence-corrected chi connectivity index (χ3v) is 2.13. The van der Waals surface area contributed by atoms with Crippen LogP contribution < -0.4 is 11.1 Å². The number of aromatic nitrogens is 3. The zero-order valence-electron chi connectivity index (χ0n) is 8.57. The average Bonchev–Trinajstić information content (AvgIpc) is 2.63. The Hall–Kier alpha value is -1.82. The van der Waals surface area contributed by atoms with Gasteiger partial charge in [-0.25, -0.2) is 4.98 Å². The number of halogens is 1. The van der Waals surface area contributed by atoms with E-state index < -0.39 is 0 Å². The van der Waals surface area contributed by atoms with Gasteiger partial charge in [0, 0.05) is 6.92 Å². The lowest BCUT2D eigenvalue weighted by molar-refractivity contribution is 0.388. The second-order valence-electron chi connectivity index (χ2n) is 3.18. The second kappa shape index (κ2) is 4.36. The quantitative estimate of drug-likeness (QED) is 0.846. The van der Waals surface area contributed by atoms with E-state index in [1.807, 2.05) is 0 Å². The van der Waals surface area contributed by atoms with E-state index in [1.54, 1.807) is 13.0 Å². The van der Waals surface area contributed by atoms with Crippen LogP contribution in [0.25, 0.3) is 0 Å². The Morgan fingerprint density at radius 1 is 1.56 bits per heavy atom. The van der Waals surface area contributed by atoms with E-state index in [-0.39, 0.29) is 0 Å². The summed E-state index contributed by atoms with van der Waals surface area (Å²) in [6, 6.07) is 1.62. The van der Waals surface area contributed by atoms with Crippen molar-refractivity contribution in [3.8, 4) is 0 Å². The largest absolute Gasteiger partial charge is 0.397 e. The highest BCUT2D eigenvalue weighted by atomic mass is 35.5. The Bertz CT molecular complexity index is 498. The molecule has 0 aliphatic rings. The highest BCUT2D eigenvalue weighted by Gasteiger charge is 2.05. The molecule has 0 spiro atoms. The van der Waals surface area contributed by atoms with Crippen LogP contribution in [0.1, 0.15) is 11.7 Å². The van der Waals surface area contributed by atoms with Crippen molar-refractivity contribution in [2.45, 2.75) is 13.5 Å². The van der Waals surface area contributed by atoms with Gasteiger partial charge in [-0.3, -0.25) is 0 Å². The molecule has 6 nitrogen and oxygen atoms in total. The number of nitrogens with zero attached hydrogens (tertiary/aromatic N) is 3. The summed E-state index contributed by atoms with van der Waals surface area (Å²) in [5, 5.41) is 7.18. The summed E-state index contributed by atoms with van der Waals surface area (Å²) >= 11 is 5.93. The maximum Gasteiger partial charge on any atom is 0.223 e. The van der Waals surface area contributed by atoms with E-state index in [4.69, 9.17) is 21.9 Å². The van der Waals surface area contributed by atoms with Crippen molar-refractivity contribution in [1.29, 1.82) is 0 Å². The van der Waals surface area contributed by atoms with Crippen LogP contribution in [0.15, 0.2) is 16.8 Å². The Morgan fingerprint density at radius 3 is 3.00 bits per heavy atom. The van der Waals surface area contributed by atoms with Crippen molar-refractivity contribution in [1.82, 2.24) is 15.1 Å². The number of hydrogen-bond acceptors (Lipinski definition) is 6. The summed E-state index contributed by atoms with van der Waals surface area (Å²) in [6.07, 6.45) is 1.52. The normalized spacial score (nSPS) is 10.4. The molecule has 0 aromatic carbocycles. The number of pyridine rings is 1. The monoisotopic (exact) mass is 239 g/mol. The minimum absolute atomic E-state index is 0.397. The zero-order valence-corrected chi connectivity index (χ0v) is 9.32. The summed E-state index contributed by atoms with van der Waals surface area (Å²) in [6.45, 7) is 2.12. The van der Waals surface area contributed by atoms with E-state index in [0.29, 0.717) is 34.8 Å². The van der Waals surface area contributed by atoms with Gasteiger partial charge in [0.15, 0.2) is 5.82 Å². The van der Waals surface area contributed by atoms with E-state index in [9.17, 15) is 0 Å². The van der Waals surface area contributed by atoms with Crippen LogP contribution in [-0.2, 0) is 6.54 Å². The molecule has 0 radical (unpaired) electrons. The van der Waals surface area contributed by atoms with Gasteiger partial charge in [0.05, 0.1) is 23.5 Å². The highest BCUT2D eigenvalue weighted by Crippen LogP contribution is 2.21. The Kier molecular flexibility index (Phi) is 2.91. The molecular formula is C9H10ClN5O. The van der Waals surface area contributed by atoms with Crippen molar-refractivity contribution < 1.29 is 4.52 Å². The Morgan fingerprint density at radius 2 is 2.38 bits per heavy atom. The SMILES string of the molecule is Cc1nc(CNc2ncc(N)cc2Cl)no1. The van der Waals surface area contributed by atoms with Crippen LogP contribution in [-0.4, -0.2) is 15.1 Å². The smallest absolute Gasteiger partial charge is 0.223 e. The Labute approximate surface area is 96.8 Å². The molecule has 7 heteroatoms. The fraction of sp³-hybridized carbons (Fsp3) is 0.222. The lowest BCUT2D eigenvalue weighted by Crippen LogP contribution is -2.04. The van der Waals surface area contributed by atoms with Crippen molar-refractivity contribution >= 4 is 23.1 Å². The van der Waals surface area contributed by atoms with E-state index in [1.165, 1.54) is 6.20 Å². The lowest BCUT2D eigenvalue weighted by atomic mass is 10.4. The molecule has 2 heterocycles. The van der Waals surface area contributed by atoms with Gasteiger partial charge in [-0.15, -0.1) is 0 Å². The molecule has 0 bridgehead atoms. The van der Waals surface area contributed by atoms with Crippen molar-refractivity contribution in [3.05, 3.63) is 29.0 Å². The van der Waals surface area contributed by atoms with Crippen LogP contribution in [0.2, 0.25) is 5.02 Å². The third-order valence-electron chi connectivity index (χ3n) is 1.85. The standard InChI is InChI=1S/C9H10ClN5O/c1-5-14-8(15-16-5)4-13-9-7(10)2-6(11)3-12-9/h2-3H,4,11H2,1H3,(H,12,13). The number of hydrogen-bond donors (Lipinski definition) is 2. The maximum atomic E-state index is 5.93. The first kappa shape index (κ1) is 10.7. The van der Waals surface area contributed by atoms with Crippen LogP contribution in [0.5, 0.6) is 0 Å². The topological polar surface area (TPSA) is 89.9 Å². The third kappa shape index (κ3) is 2.40. The first-order valence-corrected chi connectivity index (χ1v) is 4.97. The molecule has 2 rings (SSSR count). The summed E-state index contributed by atoms with van der Waals surface area (Å²) in [5.74, 6) is 1.61. The van der Waals surface area contributed by atoms with Crippen LogP contribution in [0, 0.1) is 6.92 Å². The fourth-order valence-electron chi connectivity index (χ4n) is 1.16. The minimum Gasteiger partial charge on any atom is -0.397 e. The summed E-state index contributed by atoms with van der Waals surface area (Å²) in [4.78, 5) is 8.08. The van der Waals surface area contributed by atoms with Gasteiger partial charge in [-0.2, -0.15) is 4.98 Å². The molecular weight excluding hydrogens is 230 g/mol. The van der Waals surface area contributed by atoms with Crippen molar-refractivity contribution in [3.63, 3.8) is 0 Å². The number of nitrogen functional groups attached to an aromatic ring is 1. The molecule has 0 fully saturated rings. The highest BCUT2D eigenvalue weighted by molar-refractivity contribution is 6.33. The molecule has 0 amide bonds. The molecule has 84 valence electrons. The van der Waals surface area contributed by atoms with Gasteiger partial charge in [0.2, 0.25) is 5.89 Å². The number of nitrogens with two attached hydrogens (primary N) is 1. The summed E-state index contributed by atoms with van der Waals surface area (Å²) in [5.41, 5.74) is 6.04. The van der Waals surface area contributed by atoms with Gasteiger partial charge in [-0.05, 0) is 6.07 Å². The molecule has 0 aliphatic heterocycles. The van der Waals surface area contributed by atoms with E-state index >= 15 is 0 Å². The number of aryl methyl sites for hydroxylation is 1. The molecule has 0 atom stereocenters. The molecule has 16 heavy (non-hydrogen) atoms. The summed E-state index contributed by atoms with van der Waals surface area (Å²) in [7, 11) is 0. The van der Waals surface area contributed by atoms with Crippen LogP contribution in [0.3, 0.4) is 0 Å². The molecule has 2 aromatic rings. The van der Waals surface area contributed by atoms with Crippen LogP contribution >= 0.6 is 11.6 Å². The van der Waals surface area contributed by atoms with Gasteiger partial charge in [0.1, 0.15) is 5.82 Å². The van der Waals surface area contributed by atoms with Gasteiger partial charge >= 0.3 is 0 Å². The molecule has 0 unspecified atom stereocenters. The van der Waals surface area contributed by atoms with Crippen molar-refractivity contribution in [2.24, 2.45) is 0 Å². The summed E-state index contributed by atoms with van der Waals surface area (Å²) < 4.78 is 4.83. The molecule has 0 saturated carbocycles. The molecule has 0 aliphatic carbocycles. The first-order valence-electron chi connectivity index (χ1n) is 4.59. The number of nitrogens with one attached hydrogen (secondary N) is 1. The molecule has 0 saturated heterocycles. The van der Waals surface area contributed by atoms with Gasteiger partial charge < -0.3 is 15.6 Å². The number of anilines is 2. The van der Waals surface area contributed by atoms with Crippen LogP contribution in [0.4, 0.5) is 11.5 Å². The van der Waals surface area contributed by atoms with Crippen molar-refractivity contribution in [2.75, 3.05) is 11.1 Å². The fourth-order valence-corrected chi connectivity index (χ4v) is 1.40. The van der Waals surface area contributed by atoms with E-state index in [2.05, 4.69) is 20.4 Å². The maximum absolute atomic E-state index is 5.93. The Balaban J connectivity index is 2.04. The molecule has 2 aromatic heterocycles.